The van der Waals surface area contributed by atoms with E-state index in [-0.39, 0.29) is 11.7 Å². The fourth-order valence-corrected chi connectivity index (χ4v) is 4.10. The fourth-order valence-electron chi connectivity index (χ4n) is 3.20. The number of benzene rings is 2. The Kier molecular flexibility index (Phi) is 5.12. The van der Waals surface area contributed by atoms with Crippen molar-refractivity contribution in [1.29, 1.82) is 0 Å². The first-order valence-corrected chi connectivity index (χ1v) is 9.75. The average Bonchev–Trinajstić information content (AvgIpc) is 3.30. The highest BCUT2D eigenvalue weighted by atomic mass is 32.1. The molecule has 4 aromatic rings. The molecule has 142 valence electrons. The zero-order chi connectivity index (χ0) is 19.5. The van der Waals surface area contributed by atoms with Crippen LogP contribution in [0.2, 0.25) is 0 Å². The molecule has 1 N–H and O–H groups in total. The van der Waals surface area contributed by atoms with Crippen molar-refractivity contribution in [3.05, 3.63) is 88.7 Å². The van der Waals surface area contributed by atoms with Crippen LogP contribution in [0.15, 0.2) is 66.0 Å². The van der Waals surface area contributed by atoms with E-state index in [1.165, 1.54) is 12.1 Å². The number of aromatic nitrogens is 1. The first-order valence-electron chi connectivity index (χ1n) is 8.87. The van der Waals surface area contributed by atoms with E-state index < -0.39 is 0 Å². The minimum Gasteiger partial charge on any atom is -0.496 e. The van der Waals surface area contributed by atoms with Gasteiger partial charge in [0.25, 0.3) is 5.91 Å². The molecule has 4 rings (SSSR count). The highest BCUT2D eigenvalue weighted by Gasteiger charge is 2.17. The van der Waals surface area contributed by atoms with Gasteiger partial charge in [0.2, 0.25) is 0 Å². The lowest BCUT2D eigenvalue weighted by atomic mass is 10.2. The van der Waals surface area contributed by atoms with Crippen LogP contribution in [0.5, 0.6) is 5.75 Å². The molecule has 0 aliphatic rings. The number of hydrogen-bond acceptors (Lipinski definition) is 3. The molecule has 0 saturated heterocycles. The van der Waals surface area contributed by atoms with Gasteiger partial charge in [0.1, 0.15) is 22.1 Å². The van der Waals surface area contributed by atoms with Crippen molar-refractivity contribution in [2.45, 2.75) is 13.1 Å². The highest BCUT2D eigenvalue weighted by molar-refractivity contribution is 7.16. The second-order valence-corrected chi connectivity index (χ2v) is 7.31. The van der Waals surface area contributed by atoms with Gasteiger partial charge in [-0.2, -0.15) is 0 Å². The molecule has 0 radical (unpaired) electrons. The predicted molar refractivity (Wildman–Crippen MR) is 109 cm³/mol. The lowest BCUT2D eigenvalue weighted by molar-refractivity contribution is 0.0942. The molecule has 0 bridgehead atoms. The SMILES string of the molecule is COc1ccccc1Cn1c(C(=O)NCc2ccc(F)cc2)cc2ccsc21. The van der Waals surface area contributed by atoms with Gasteiger partial charge in [-0.05, 0) is 41.3 Å². The van der Waals surface area contributed by atoms with Gasteiger partial charge in [0.05, 0.1) is 13.7 Å². The first kappa shape index (κ1) is 18.3. The Morgan fingerprint density at radius 1 is 1.14 bits per heavy atom. The van der Waals surface area contributed by atoms with Crippen molar-refractivity contribution >= 4 is 27.5 Å². The largest absolute Gasteiger partial charge is 0.496 e. The van der Waals surface area contributed by atoms with Gasteiger partial charge in [-0.3, -0.25) is 4.79 Å². The Morgan fingerprint density at radius 3 is 2.71 bits per heavy atom. The molecular weight excluding hydrogens is 375 g/mol. The Morgan fingerprint density at radius 2 is 1.93 bits per heavy atom. The summed E-state index contributed by atoms with van der Waals surface area (Å²) in [5.41, 5.74) is 2.44. The number of fused-ring (bicyclic) bond motifs is 1. The Balaban J connectivity index is 1.61. The van der Waals surface area contributed by atoms with E-state index in [0.717, 1.165) is 27.1 Å². The summed E-state index contributed by atoms with van der Waals surface area (Å²) < 4.78 is 20.5. The third-order valence-corrected chi connectivity index (χ3v) is 5.57. The normalized spacial score (nSPS) is 10.9. The van der Waals surface area contributed by atoms with Gasteiger partial charge in [-0.15, -0.1) is 11.3 Å². The molecule has 0 spiro atoms. The summed E-state index contributed by atoms with van der Waals surface area (Å²) in [6.07, 6.45) is 0. The van der Waals surface area contributed by atoms with E-state index in [1.54, 1.807) is 30.6 Å². The maximum atomic E-state index is 13.1. The molecule has 6 heteroatoms. The second kappa shape index (κ2) is 7.86. The third kappa shape index (κ3) is 3.64. The van der Waals surface area contributed by atoms with Crippen LogP contribution in [-0.2, 0) is 13.1 Å². The first-order chi connectivity index (χ1) is 13.7. The van der Waals surface area contributed by atoms with Gasteiger partial charge in [0, 0.05) is 17.5 Å². The van der Waals surface area contributed by atoms with Crippen LogP contribution < -0.4 is 10.1 Å². The molecule has 2 aromatic heterocycles. The lowest BCUT2D eigenvalue weighted by Crippen LogP contribution is -2.25. The molecule has 0 aliphatic heterocycles. The summed E-state index contributed by atoms with van der Waals surface area (Å²) in [5, 5.41) is 5.98. The second-order valence-electron chi connectivity index (χ2n) is 6.42. The Bertz CT molecular complexity index is 1120. The van der Waals surface area contributed by atoms with Gasteiger partial charge < -0.3 is 14.6 Å². The number of ether oxygens (including phenoxy) is 1. The molecule has 2 heterocycles. The number of nitrogens with one attached hydrogen (secondary N) is 1. The van der Waals surface area contributed by atoms with E-state index in [1.807, 2.05) is 46.3 Å². The number of amides is 1. The summed E-state index contributed by atoms with van der Waals surface area (Å²) in [6.45, 7) is 0.875. The number of nitrogens with zero attached hydrogens (tertiary/aromatic N) is 1. The number of carbonyl (C=O) groups is 1. The van der Waals surface area contributed by atoms with Crippen LogP contribution in [0, 0.1) is 5.82 Å². The minimum atomic E-state index is -0.291. The zero-order valence-electron chi connectivity index (χ0n) is 15.3. The van der Waals surface area contributed by atoms with Crippen molar-refractivity contribution in [2.24, 2.45) is 0 Å². The molecule has 0 aliphatic carbocycles. The number of thiophene rings is 1. The molecular formula is C22H19FN2O2S. The third-order valence-electron chi connectivity index (χ3n) is 4.62. The number of hydrogen-bond donors (Lipinski definition) is 1. The van der Waals surface area contributed by atoms with Crippen LogP contribution in [0.1, 0.15) is 21.6 Å². The lowest BCUT2D eigenvalue weighted by Gasteiger charge is -2.13. The van der Waals surface area contributed by atoms with Crippen LogP contribution in [-0.4, -0.2) is 17.6 Å². The van der Waals surface area contributed by atoms with Crippen molar-refractivity contribution in [2.75, 3.05) is 7.11 Å². The standard InChI is InChI=1S/C22H19FN2O2S/c1-27-20-5-3-2-4-17(20)14-25-19(12-16-10-11-28-22(16)25)21(26)24-13-15-6-8-18(23)9-7-15/h2-12H,13-14H2,1H3,(H,24,26). The number of methoxy groups -OCH3 is 1. The quantitative estimate of drug-likeness (QED) is 0.509. The van der Waals surface area contributed by atoms with Crippen LogP contribution >= 0.6 is 11.3 Å². The molecule has 4 nitrogen and oxygen atoms in total. The van der Waals surface area contributed by atoms with Crippen LogP contribution in [0.4, 0.5) is 4.39 Å². The van der Waals surface area contributed by atoms with Crippen molar-refractivity contribution in [1.82, 2.24) is 9.88 Å². The fraction of sp³-hybridized carbons (Fsp3) is 0.136. The van der Waals surface area contributed by atoms with Crippen molar-refractivity contribution in [3.63, 3.8) is 0 Å². The van der Waals surface area contributed by atoms with Crippen LogP contribution in [0.3, 0.4) is 0 Å². The topological polar surface area (TPSA) is 43.3 Å². The number of carbonyl (C=O) groups excluding carboxylic acids is 1. The van der Waals surface area contributed by atoms with Gasteiger partial charge >= 0.3 is 0 Å². The Labute approximate surface area is 166 Å². The monoisotopic (exact) mass is 394 g/mol. The number of rotatable bonds is 6. The maximum Gasteiger partial charge on any atom is 0.268 e. The van der Waals surface area contributed by atoms with E-state index in [4.69, 9.17) is 4.74 Å². The van der Waals surface area contributed by atoms with E-state index in [0.29, 0.717) is 18.8 Å². The predicted octanol–water partition coefficient (Wildman–Crippen LogP) is 4.83. The van der Waals surface area contributed by atoms with Gasteiger partial charge in [0.15, 0.2) is 0 Å². The number of halogens is 1. The highest BCUT2D eigenvalue weighted by Crippen LogP contribution is 2.28. The molecule has 0 unspecified atom stereocenters. The molecule has 1 amide bonds. The maximum absolute atomic E-state index is 13.1. The smallest absolute Gasteiger partial charge is 0.268 e. The molecule has 0 fully saturated rings. The molecule has 0 saturated carbocycles. The summed E-state index contributed by atoms with van der Waals surface area (Å²) in [4.78, 5) is 13.9. The Hall–Kier alpha value is -3.12. The molecule has 0 atom stereocenters. The van der Waals surface area contributed by atoms with Gasteiger partial charge in [-0.1, -0.05) is 30.3 Å². The molecule has 28 heavy (non-hydrogen) atoms. The van der Waals surface area contributed by atoms with Gasteiger partial charge in [-0.25, -0.2) is 4.39 Å². The van der Waals surface area contributed by atoms with Crippen LogP contribution in [0.25, 0.3) is 10.2 Å². The number of para-hydroxylation sites is 1. The van der Waals surface area contributed by atoms with Crippen molar-refractivity contribution < 1.29 is 13.9 Å². The zero-order valence-corrected chi connectivity index (χ0v) is 16.1. The van der Waals surface area contributed by atoms with E-state index >= 15 is 0 Å². The summed E-state index contributed by atoms with van der Waals surface area (Å²) >= 11 is 1.60. The summed E-state index contributed by atoms with van der Waals surface area (Å²) in [6, 6.07) is 17.8. The minimum absolute atomic E-state index is 0.164. The van der Waals surface area contributed by atoms with Crippen molar-refractivity contribution in [3.8, 4) is 5.75 Å². The molecule has 2 aromatic carbocycles. The van der Waals surface area contributed by atoms with E-state index in [9.17, 15) is 9.18 Å². The average molecular weight is 394 g/mol. The summed E-state index contributed by atoms with van der Waals surface area (Å²) in [5.74, 6) is 0.335. The van der Waals surface area contributed by atoms with E-state index in [2.05, 4.69) is 5.32 Å². The summed E-state index contributed by atoms with van der Waals surface area (Å²) in [7, 11) is 1.64.